The van der Waals surface area contributed by atoms with Gasteiger partial charge in [-0.1, -0.05) is 24.3 Å². The molecule has 0 heterocycles. The van der Waals surface area contributed by atoms with Crippen molar-refractivity contribution in [3.05, 3.63) is 44.9 Å². The number of hydrogen-bond donors (Lipinski definition) is 0. The Labute approximate surface area is 130 Å². The summed E-state index contributed by atoms with van der Waals surface area (Å²) < 4.78 is 45.2. The molecule has 0 bridgehead atoms. The molecule has 0 atom stereocenters. The summed E-state index contributed by atoms with van der Waals surface area (Å²) in [6.07, 6.45) is -2.77. The van der Waals surface area contributed by atoms with Gasteiger partial charge in [0.25, 0.3) is 0 Å². The van der Waals surface area contributed by atoms with E-state index in [1.54, 1.807) is 24.3 Å². The predicted molar refractivity (Wildman–Crippen MR) is 81.3 cm³/mol. The second-order valence-electron chi connectivity index (χ2n) is 4.02. The van der Waals surface area contributed by atoms with E-state index in [-0.39, 0.29) is 11.1 Å². The number of fused-ring (bicyclic) bond motifs is 1. The van der Waals surface area contributed by atoms with Crippen molar-refractivity contribution in [1.82, 2.24) is 0 Å². The molecule has 0 unspecified atom stereocenters. The fourth-order valence-corrected chi connectivity index (χ4v) is 2.56. The minimum absolute atomic E-state index is 0.117. The maximum absolute atomic E-state index is 13.2. The van der Waals surface area contributed by atoms with Gasteiger partial charge in [-0.15, -0.1) is 0 Å². The maximum Gasteiger partial charge on any atom is 0.420 e. The van der Waals surface area contributed by atoms with Gasteiger partial charge in [-0.3, -0.25) is 0 Å². The smallest absolute Gasteiger partial charge is 0.420 e. The molecule has 0 amide bonds. The van der Waals surface area contributed by atoms with Gasteiger partial charge in [-0.25, -0.2) is 0 Å². The quantitative estimate of drug-likeness (QED) is 0.594. The van der Waals surface area contributed by atoms with Crippen LogP contribution in [0.3, 0.4) is 0 Å². The van der Waals surface area contributed by atoms with Crippen LogP contribution in [0, 0.1) is 0 Å². The molecule has 106 valence electrons. The zero-order valence-corrected chi connectivity index (χ0v) is 13.4. The van der Waals surface area contributed by atoms with E-state index in [1.165, 1.54) is 19.2 Å². The molecule has 6 heteroatoms. The molecule has 2 aromatic rings. The number of benzene rings is 2. The first-order valence-corrected chi connectivity index (χ1v) is 7.13. The lowest BCUT2D eigenvalue weighted by Gasteiger charge is -2.15. The molecule has 2 rings (SSSR count). The highest BCUT2D eigenvalue weighted by molar-refractivity contribution is 9.28. The third kappa shape index (κ3) is 3.01. The van der Waals surface area contributed by atoms with Gasteiger partial charge in [0.05, 0.1) is 10.5 Å². The molecule has 2 aromatic carbocycles. The number of hydrogen-bond acceptors (Lipinski definition) is 1. The lowest BCUT2D eigenvalue weighted by atomic mass is 9.99. The Hall–Kier alpha value is -1.01. The number of rotatable bonds is 2. The predicted octanol–water partition coefficient (Wildman–Crippen LogP) is 5.96. The van der Waals surface area contributed by atoms with Crippen LogP contribution >= 0.6 is 31.9 Å². The van der Waals surface area contributed by atoms with E-state index in [0.29, 0.717) is 14.3 Å². The van der Waals surface area contributed by atoms with Crippen LogP contribution in [0.25, 0.3) is 16.8 Å². The second-order valence-corrected chi connectivity index (χ2v) is 6.79. The van der Waals surface area contributed by atoms with Gasteiger partial charge >= 0.3 is 6.18 Å². The highest BCUT2D eigenvalue weighted by atomic mass is 79.9. The van der Waals surface area contributed by atoms with Crippen LogP contribution < -0.4 is 4.74 Å². The maximum atomic E-state index is 13.2. The fourth-order valence-electron chi connectivity index (χ4n) is 2.07. The number of alkyl halides is 3. The molecule has 0 aliphatic rings. The Bertz CT molecular complexity index is 674. The molecular weight excluding hydrogens is 401 g/mol. The highest BCUT2D eigenvalue weighted by Gasteiger charge is 2.36. The van der Waals surface area contributed by atoms with Crippen molar-refractivity contribution < 1.29 is 17.9 Å². The summed E-state index contributed by atoms with van der Waals surface area (Å²) in [6.45, 7) is 0. The molecule has 0 aromatic heterocycles. The van der Waals surface area contributed by atoms with E-state index < -0.39 is 11.7 Å². The van der Waals surface area contributed by atoms with Gasteiger partial charge in [0.15, 0.2) is 0 Å². The summed E-state index contributed by atoms with van der Waals surface area (Å²) in [5, 5.41) is 0.629. The molecule has 1 nitrogen and oxygen atoms in total. The molecule has 0 aliphatic carbocycles. The Morgan fingerprint density at radius 3 is 2.35 bits per heavy atom. The van der Waals surface area contributed by atoms with Crippen molar-refractivity contribution in [1.29, 1.82) is 0 Å². The first-order valence-electron chi connectivity index (χ1n) is 5.54. The van der Waals surface area contributed by atoms with Crippen molar-refractivity contribution in [2.75, 3.05) is 7.11 Å². The SMILES string of the molecule is COc1ccc2c(C=C(Br)Br)cccc2c1C(F)(F)F. The highest BCUT2D eigenvalue weighted by Crippen LogP contribution is 2.42. The van der Waals surface area contributed by atoms with Crippen LogP contribution in [-0.2, 0) is 6.18 Å². The van der Waals surface area contributed by atoms with E-state index in [2.05, 4.69) is 31.9 Å². The van der Waals surface area contributed by atoms with Gasteiger partial charge in [-0.2, -0.15) is 13.2 Å². The van der Waals surface area contributed by atoms with E-state index in [9.17, 15) is 13.2 Å². The summed E-state index contributed by atoms with van der Waals surface area (Å²) in [5.74, 6) is -0.177. The van der Waals surface area contributed by atoms with E-state index in [0.717, 1.165) is 0 Å². The van der Waals surface area contributed by atoms with Crippen LogP contribution in [-0.4, -0.2) is 7.11 Å². The number of ether oxygens (including phenoxy) is 1. The van der Waals surface area contributed by atoms with E-state index in [1.807, 2.05) is 0 Å². The fraction of sp³-hybridized carbons (Fsp3) is 0.143. The Morgan fingerprint density at radius 1 is 1.10 bits per heavy atom. The average molecular weight is 410 g/mol. The van der Waals surface area contributed by atoms with Crippen LogP contribution in [0.1, 0.15) is 11.1 Å². The van der Waals surface area contributed by atoms with Crippen molar-refractivity contribution in [3.63, 3.8) is 0 Å². The van der Waals surface area contributed by atoms with Crippen LogP contribution in [0.5, 0.6) is 5.75 Å². The van der Waals surface area contributed by atoms with Crippen molar-refractivity contribution in [3.8, 4) is 5.75 Å². The Balaban J connectivity index is 2.86. The first kappa shape index (κ1) is 15.4. The summed E-state index contributed by atoms with van der Waals surface area (Å²) in [5.41, 5.74) is -0.0714. The summed E-state index contributed by atoms with van der Waals surface area (Å²) in [4.78, 5) is 0. The lowest BCUT2D eigenvalue weighted by molar-refractivity contribution is -0.137. The molecule has 0 aliphatic heterocycles. The topological polar surface area (TPSA) is 9.23 Å². The second kappa shape index (κ2) is 5.77. The summed E-state index contributed by atoms with van der Waals surface area (Å²) >= 11 is 6.43. The van der Waals surface area contributed by atoms with E-state index >= 15 is 0 Å². The lowest BCUT2D eigenvalue weighted by Crippen LogP contribution is -2.08. The van der Waals surface area contributed by atoms with E-state index in [4.69, 9.17) is 4.74 Å². The molecule has 0 N–H and O–H groups in total. The molecular formula is C14H9Br2F3O. The summed E-state index contributed by atoms with van der Waals surface area (Å²) in [7, 11) is 1.23. The molecule has 0 radical (unpaired) electrons. The van der Waals surface area contributed by atoms with Gasteiger partial charge in [0.1, 0.15) is 11.3 Å². The Kier molecular flexibility index (Phi) is 4.44. The molecule has 0 spiro atoms. The van der Waals surface area contributed by atoms with Gasteiger partial charge in [0, 0.05) is 0 Å². The van der Waals surface area contributed by atoms with Crippen molar-refractivity contribution >= 4 is 48.7 Å². The molecule has 0 saturated carbocycles. The van der Waals surface area contributed by atoms with Crippen molar-refractivity contribution in [2.45, 2.75) is 6.18 Å². The van der Waals surface area contributed by atoms with Crippen LogP contribution in [0.15, 0.2) is 33.7 Å². The zero-order valence-electron chi connectivity index (χ0n) is 10.3. The van der Waals surface area contributed by atoms with Gasteiger partial charge in [0.2, 0.25) is 0 Å². The standard InChI is InChI=1S/C14H9Br2F3O/c1-20-11-6-5-9-8(7-12(15)16)3-2-4-10(9)13(11)14(17,18)19/h2-7H,1H3. The zero-order chi connectivity index (χ0) is 14.9. The normalized spacial score (nSPS) is 11.5. The molecule has 20 heavy (non-hydrogen) atoms. The molecule has 0 fully saturated rings. The van der Waals surface area contributed by atoms with Crippen LogP contribution in [0.4, 0.5) is 13.2 Å². The van der Waals surface area contributed by atoms with Gasteiger partial charge in [-0.05, 0) is 60.3 Å². The largest absolute Gasteiger partial charge is 0.496 e. The summed E-state index contributed by atoms with van der Waals surface area (Å²) in [6, 6.07) is 7.74. The van der Waals surface area contributed by atoms with Crippen LogP contribution in [0.2, 0.25) is 0 Å². The first-order chi connectivity index (χ1) is 9.34. The Morgan fingerprint density at radius 2 is 1.80 bits per heavy atom. The minimum atomic E-state index is -4.47. The third-order valence-electron chi connectivity index (χ3n) is 2.82. The number of halogens is 5. The number of methoxy groups -OCH3 is 1. The minimum Gasteiger partial charge on any atom is -0.496 e. The monoisotopic (exact) mass is 408 g/mol. The van der Waals surface area contributed by atoms with Crippen molar-refractivity contribution in [2.24, 2.45) is 0 Å². The van der Waals surface area contributed by atoms with Gasteiger partial charge < -0.3 is 4.74 Å². The third-order valence-corrected chi connectivity index (χ3v) is 3.28. The average Bonchev–Trinajstić information content (AvgIpc) is 2.35. The molecule has 0 saturated heterocycles.